The number of aryl methyl sites for hydroxylation is 1. The van der Waals surface area contributed by atoms with E-state index < -0.39 is 10.0 Å². The highest BCUT2D eigenvalue weighted by atomic mass is 32.2. The third kappa shape index (κ3) is 3.78. The Bertz CT molecular complexity index is 793. The fraction of sp³-hybridized carbons (Fsp3) is 0.143. The molecule has 7 heteroatoms. The summed E-state index contributed by atoms with van der Waals surface area (Å²) in [5, 5.41) is 7.34. The molecule has 1 aromatic carbocycles. The van der Waals surface area contributed by atoms with Crippen LogP contribution >= 0.6 is 0 Å². The lowest BCUT2D eigenvalue weighted by atomic mass is 10.1. The molecule has 1 aromatic heterocycles. The molecule has 2 rings (SSSR count). The highest BCUT2D eigenvalue weighted by molar-refractivity contribution is 7.92. The molecule has 0 atom stereocenters. The number of sulfonamides is 1. The van der Waals surface area contributed by atoms with Gasteiger partial charge in [-0.1, -0.05) is 17.9 Å². The molecule has 2 aromatic rings. The molecule has 0 bridgehead atoms. The first-order valence-electron chi connectivity index (χ1n) is 6.13. The number of nitrogens with one attached hydrogen (secondary N) is 1. The molecule has 1 heterocycles. The summed E-state index contributed by atoms with van der Waals surface area (Å²) in [5.74, 6) is 5.67. The van der Waals surface area contributed by atoms with E-state index in [0.717, 1.165) is 0 Å². The zero-order valence-corrected chi connectivity index (χ0v) is 12.2. The largest absolute Gasteiger partial charge is 0.320 e. The minimum absolute atomic E-state index is 0.150. The maximum atomic E-state index is 12.4. The normalized spacial score (nSPS) is 10.6. The van der Waals surface area contributed by atoms with Crippen LogP contribution in [-0.2, 0) is 10.0 Å². The SMILES string of the molecule is Cc1ccc(C#CCN)cc1S(=O)(=O)Nc1cccnn1. The van der Waals surface area contributed by atoms with Crippen molar-refractivity contribution in [1.82, 2.24) is 10.2 Å². The first kappa shape index (κ1) is 15.0. The van der Waals surface area contributed by atoms with Crippen LogP contribution in [0.1, 0.15) is 11.1 Å². The number of hydrogen-bond acceptors (Lipinski definition) is 5. The molecule has 108 valence electrons. The van der Waals surface area contributed by atoms with Crippen molar-refractivity contribution in [3.63, 3.8) is 0 Å². The van der Waals surface area contributed by atoms with E-state index in [-0.39, 0.29) is 17.3 Å². The Kier molecular flexibility index (Phi) is 4.52. The van der Waals surface area contributed by atoms with Crippen LogP contribution < -0.4 is 10.5 Å². The molecule has 0 aliphatic carbocycles. The molecule has 3 N–H and O–H groups in total. The number of nitrogens with two attached hydrogens (primary N) is 1. The van der Waals surface area contributed by atoms with Gasteiger partial charge in [-0.15, -0.1) is 5.10 Å². The molecule has 0 aliphatic rings. The van der Waals surface area contributed by atoms with Gasteiger partial charge in [-0.05, 0) is 36.8 Å². The van der Waals surface area contributed by atoms with E-state index in [9.17, 15) is 8.42 Å². The lowest BCUT2D eigenvalue weighted by molar-refractivity contribution is 0.600. The maximum Gasteiger partial charge on any atom is 0.263 e. The van der Waals surface area contributed by atoms with E-state index in [4.69, 9.17) is 5.73 Å². The van der Waals surface area contributed by atoms with Gasteiger partial charge in [-0.3, -0.25) is 4.72 Å². The average molecular weight is 302 g/mol. The third-order valence-corrected chi connectivity index (χ3v) is 4.12. The lowest BCUT2D eigenvalue weighted by Gasteiger charge is -2.09. The zero-order chi connectivity index (χ0) is 15.3. The predicted octanol–water partition coefficient (Wildman–Crippen LogP) is 0.896. The van der Waals surface area contributed by atoms with Crippen LogP contribution in [0.15, 0.2) is 41.4 Å². The van der Waals surface area contributed by atoms with E-state index in [1.54, 1.807) is 25.1 Å². The van der Waals surface area contributed by atoms with Crippen molar-refractivity contribution in [2.45, 2.75) is 11.8 Å². The van der Waals surface area contributed by atoms with Crippen molar-refractivity contribution in [3.05, 3.63) is 47.7 Å². The summed E-state index contributed by atoms with van der Waals surface area (Å²) in [7, 11) is -3.74. The molecule has 0 spiro atoms. The Morgan fingerprint density at radius 3 is 2.81 bits per heavy atom. The molecule has 6 nitrogen and oxygen atoms in total. The van der Waals surface area contributed by atoms with Gasteiger partial charge < -0.3 is 5.73 Å². The van der Waals surface area contributed by atoms with Crippen molar-refractivity contribution >= 4 is 15.8 Å². The maximum absolute atomic E-state index is 12.4. The molecule has 0 amide bonds. The zero-order valence-electron chi connectivity index (χ0n) is 11.4. The van der Waals surface area contributed by atoms with E-state index >= 15 is 0 Å². The lowest BCUT2D eigenvalue weighted by Crippen LogP contribution is -2.15. The van der Waals surface area contributed by atoms with Gasteiger partial charge in [0, 0.05) is 11.8 Å². The second-order valence-corrected chi connectivity index (χ2v) is 5.85. The summed E-state index contributed by atoms with van der Waals surface area (Å²) >= 11 is 0. The van der Waals surface area contributed by atoms with Crippen LogP contribution in [0.25, 0.3) is 0 Å². The monoisotopic (exact) mass is 302 g/mol. The van der Waals surface area contributed by atoms with Crippen molar-refractivity contribution in [2.75, 3.05) is 11.3 Å². The minimum Gasteiger partial charge on any atom is -0.320 e. The van der Waals surface area contributed by atoms with E-state index in [2.05, 4.69) is 26.8 Å². The van der Waals surface area contributed by atoms with Crippen molar-refractivity contribution < 1.29 is 8.42 Å². The Labute approximate surface area is 123 Å². The molecule has 0 fully saturated rings. The molecule has 0 unspecified atom stereocenters. The number of hydrogen-bond donors (Lipinski definition) is 2. The van der Waals surface area contributed by atoms with Gasteiger partial charge in [0.15, 0.2) is 5.82 Å². The van der Waals surface area contributed by atoms with E-state index in [0.29, 0.717) is 11.1 Å². The van der Waals surface area contributed by atoms with Gasteiger partial charge in [0.25, 0.3) is 10.0 Å². The van der Waals surface area contributed by atoms with E-state index in [1.807, 2.05) is 0 Å². The number of nitrogens with zero attached hydrogens (tertiary/aromatic N) is 2. The number of rotatable bonds is 3. The summed E-state index contributed by atoms with van der Waals surface area (Å²) in [6, 6.07) is 8.08. The van der Waals surface area contributed by atoms with Crippen LogP contribution in [0.2, 0.25) is 0 Å². The van der Waals surface area contributed by atoms with Gasteiger partial charge in [0.1, 0.15) is 0 Å². The molecule has 0 radical (unpaired) electrons. The summed E-state index contributed by atoms with van der Waals surface area (Å²) < 4.78 is 27.2. The minimum atomic E-state index is -3.74. The van der Waals surface area contributed by atoms with Crippen molar-refractivity contribution in [3.8, 4) is 11.8 Å². The molecule has 0 saturated carbocycles. The Hall–Kier alpha value is -2.43. The standard InChI is InChI=1S/C14H14N4O2S/c1-11-6-7-12(4-2-8-15)10-13(11)21(19,20)18-14-5-3-9-16-17-14/h3,5-7,9-10H,8,15H2,1H3,(H,17,18). The van der Waals surface area contributed by atoms with Gasteiger partial charge in [-0.2, -0.15) is 5.10 Å². The van der Waals surface area contributed by atoms with Crippen LogP contribution in [0.4, 0.5) is 5.82 Å². The molecular weight excluding hydrogens is 288 g/mol. The van der Waals surface area contributed by atoms with Crippen LogP contribution in [0.3, 0.4) is 0 Å². The Balaban J connectivity index is 2.39. The first-order valence-corrected chi connectivity index (χ1v) is 7.61. The highest BCUT2D eigenvalue weighted by Crippen LogP contribution is 2.19. The Morgan fingerprint density at radius 2 is 2.14 bits per heavy atom. The molecule has 0 saturated heterocycles. The topological polar surface area (TPSA) is 98.0 Å². The fourth-order valence-corrected chi connectivity index (χ4v) is 2.94. The third-order valence-electron chi connectivity index (χ3n) is 2.62. The number of benzene rings is 1. The predicted molar refractivity (Wildman–Crippen MR) is 80.0 cm³/mol. The van der Waals surface area contributed by atoms with Crippen molar-refractivity contribution in [1.29, 1.82) is 0 Å². The molecule has 0 aliphatic heterocycles. The van der Waals surface area contributed by atoms with E-state index in [1.165, 1.54) is 18.3 Å². The average Bonchev–Trinajstić information content (AvgIpc) is 2.47. The van der Waals surface area contributed by atoms with Crippen LogP contribution in [0.5, 0.6) is 0 Å². The summed E-state index contributed by atoms with van der Waals surface area (Å²) in [4.78, 5) is 0.150. The quantitative estimate of drug-likeness (QED) is 0.821. The molecule has 21 heavy (non-hydrogen) atoms. The summed E-state index contributed by atoms with van der Waals surface area (Å²) in [6.45, 7) is 1.93. The number of aromatic nitrogens is 2. The van der Waals surface area contributed by atoms with Gasteiger partial charge in [-0.25, -0.2) is 8.42 Å². The van der Waals surface area contributed by atoms with Crippen molar-refractivity contribution in [2.24, 2.45) is 5.73 Å². The first-order chi connectivity index (χ1) is 10.0. The van der Waals surface area contributed by atoms with Gasteiger partial charge >= 0.3 is 0 Å². The second kappa shape index (κ2) is 6.35. The summed E-state index contributed by atoms with van der Waals surface area (Å²) in [5.41, 5.74) is 6.52. The fourth-order valence-electron chi connectivity index (χ4n) is 1.67. The number of anilines is 1. The molecular formula is C14H14N4O2S. The Morgan fingerprint density at radius 1 is 1.33 bits per heavy atom. The second-order valence-electron chi connectivity index (χ2n) is 4.20. The smallest absolute Gasteiger partial charge is 0.263 e. The van der Waals surface area contributed by atoms with Gasteiger partial charge in [0.05, 0.1) is 11.4 Å². The van der Waals surface area contributed by atoms with Gasteiger partial charge in [0.2, 0.25) is 0 Å². The van der Waals surface area contributed by atoms with Crippen LogP contribution in [-0.4, -0.2) is 25.2 Å². The highest BCUT2D eigenvalue weighted by Gasteiger charge is 2.18. The summed E-state index contributed by atoms with van der Waals surface area (Å²) in [6.07, 6.45) is 1.46. The van der Waals surface area contributed by atoms with Crippen LogP contribution in [0, 0.1) is 18.8 Å².